The Morgan fingerprint density at radius 3 is 2.79 bits per heavy atom. The van der Waals surface area contributed by atoms with E-state index in [1.807, 2.05) is 20.5 Å². The summed E-state index contributed by atoms with van der Waals surface area (Å²) in [7, 11) is 1.79. The van der Waals surface area contributed by atoms with Crippen molar-refractivity contribution in [3.63, 3.8) is 0 Å². The average molecular weight is 512 g/mol. The van der Waals surface area contributed by atoms with Crippen LogP contribution in [-0.2, 0) is 11.3 Å². The van der Waals surface area contributed by atoms with Crippen LogP contribution in [0.4, 0.5) is 5.82 Å². The summed E-state index contributed by atoms with van der Waals surface area (Å²) >= 11 is 0. The highest BCUT2D eigenvalue weighted by molar-refractivity contribution is 6.03. The number of aromatic nitrogens is 4. The van der Waals surface area contributed by atoms with Crippen molar-refractivity contribution < 1.29 is 9.59 Å². The lowest BCUT2D eigenvalue weighted by atomic mass is 9.65. The molecular formula is C29H33N7O2. The third-order valence-electron chi connectivity index (χ3n) is 8.29. The molecule has 1 saturated heterocycles. The molecule has 2 amide bonds. The molecule has 3 aromatic rings. The Kier molecular flexibility index (Phi) is 5.98. The molecular weight excluding hydrogens is 478 g/mol. The van der Waals surface area contributed by atoms with E-state index in [9.17, 15) is 9.59 Å². The van der Waals surface area contributed by atoms with Crippen LogP contribution in [0.25, 0.3) is 11.3 Å². The number of hydrogen-bond donors (Lipinski definition) is 2. The first kappa shape index (κ1) is 24.3. The van der Waals surface area contributed by atoms with Gasteiger partial charge in [0.25, 0.3) is 11.8 Å². The van der Waals surface area contributed by atoms with Gasteiger partial charge in [0, 0.05) is 31.9 Å². The molecule has 0 bridgehead atoms. The molecule has 9 heteroatoms. The molecule has 0 radical (unpaired) electrons. The maximum atomic E-state index is 12.6. The van der Waals surface area contributed by atoms with Crippen LogP contribution < -0.4 is 11.1 Å². The fraction of sp³-hybridized carbons (Fsp3) is 0.448. The number of carbonyl (C=O) groups excluding carboxylic acids is 2. The van der Waals surface area contributed by atoms with Crippen molar-refractivity contribution in [3.05, 3.63) is 53.3 Å². The number of rotatable bonds is 7. The van der Waals surface area contributed by atoms with E-state index in [1.54, 1.807) is 20.2 Å². The molecule has 38 heavy (non-hydrogen) atoms. The zero-order chi connectivity index (χ0) is 26.4. The second kappa shape index (κ2) is 9.35. The van der Waals surface area contributed by atoms with E-state index in [-0.39, 0.29) is 17.4 Å². The first-order chi connectivity index (χ1) is 18.4. The SMILES string of the molecule is CC#CC(=O)N1CCC2(CC(n3nc(-c4cnn(Cc5cccc(C6CC6)c5)c4)c(C(N)=O)c3NC)C2)C1. The van der Waals surface area contributed by atoms with Gasteiger partial charge in [-0.2, -0.15) is 10.2 Å². The van der Waals surface area contributed by atoms with Gasteiger partial charge in [0.15, 0.2) is 0 Å². The molecule has 2 aliphatic carbocycles. The Morgan fingerprint density at radius 1 is 1.26 bits per heavy atom. The number of carbonyl (C=O) groups is 2. The van der Waals surface area contributed by atoms with E-state index in [2.05, 4.69) is 46.5 Å². The summed E-state index contributed by atoms with van der Waals surface area (Å²) in [5, 5.41) is 12.6. The van der Waals surface area contributed by atoms with Gasteiger partial charge in [0.1, 0.15) is 17.1 Å². The highest BCUT2D eigenvalue weighted by Gasteiger charge is 2.51. The topological polar surface area (TPSA) is 111 Å². The molecule has 2 aromatic heterocycles. The van der Waals surface area contributed by atoms with Gasteiger partial charge in [-0.25, -0.2) is 4.68 Å². The quantitative estimate of drug-likeness (QED) is 0.473. The number of anilines is 1. The molecule has 1 aliphatic heterocycles. The Balaban J connectivity index is 1.23. The van der Waals surface area contributed by atoms with Gasteiger partial charge in [0.05, 0.1) is 18.8 Å². The molecule has 6 rings (SSSR count). The first-order valence-electron chi connectivity index (χ1n) is 13.3. The maximum Gasteiger partial charge on any atom is 0.298 e. The minimum atomic E-state index is -0.523. The van der Waals surface area contributed by atoms with Crippen LogP contribution in [0.5, 0.6) is 0 Å². The summed E-state index contributed by atoms with van der Waals surface area (Å²) in [4.78, 5) is 26.7. The van der Waals surface area contributed by atoms with Crippen molar-refractivity contribution in [1.29, 1.82) is 0 Å². The standard InChI is InChI=1S/C29H33N7O2/c1-3-5-24(37)34-11-10-29(18-34)13-23(14-29)36-28(31-2)25(27(30)38)26(33-36)22-15-32-35(17-22)16-19-6-4-7-21(12-19)20-8-9-20/h4,6-7,12,15,17,20,23,31H,8-11,13-14,16,18H2,1-2H3,(H2,30,38). The van der Waals surface area contributed by atoms with Gasteiger partial charge in [-0.3, -0.25) is 14.3 Å². The van der Waals surface area contributed by atoms with Crippen LogP contribution in [0.1, 0.15) is 72.5 Å². The number of benzene rings is 1. The Labute approximate surface area is 222 Å². The molecule has 1 aromatic carbocycles. The normalized spacial score (nSPS) is 22.2. The smallest absolute Gasteiger partial charge is 0.298 e. The second-order valence-electron chi connectivity index (χ2n) is 11.0. The minimum Gasteiger partial charge on any atom is -0.373 e. The number of nitrogens with one attached hydrogen (secondary N) is 1. The molecule has 2 saturated carbocycles. The van der Waals surface area contributed by atoms with Gasteiger partial charge >= 0.3 is 0 Å². The van der Waals surface area contributed by atoms with E-state index < -0.39 is 5.91 Å². The van der Waals surface area contributed by atoms with Gasteiger partial charge in [0.2, 0.25) is 0 Å². The molecule has 3 N–H and O–H groups in total. The predicted octanol–water partition coefficient (Wildman–Crippen LogP) is 3.39. The lowest BCUT2D eigenvalue weighted by Crippen LogP contribution is -2.42. The number of hydrogen-bond acceptors (Lipinski definition) is 5. The van der Waals surface area contributed by atoms with Crippen LogP contribution in [0.3, 0.4) is 0 Å². The molecule has 0 unspecified atom stereocenters. The van der Waals surface area contributed by atoms with E-state index in [0.717, 1.165) is 37.9 Å². The van der Waals surface area contributed by atoms with Gasteiger partial charge < -0.3 is 16.0 Å². The Bertz CT molecular complexity index is 1460. The van der Waals surface area contributed by atoms with Gasteiger partial charge in [-0.05, 0) is 67.4 Å². The lowest BCUT2D eigenvalue weighted by Gasteiger charge is -2.45. The van der Waals surface area contributed by atoms with Crippen molar-refractivity contribution in [1.82, 2.24) is 24.5 Å². The summed E-state index contributed by atoms with van der Waals surface area (Å²) in [6.07, 6.45) is 8.96. The van der Waals surface area contributed by atoms with Crippen molar-refractivity contribution in [2.45, 2.75) is 57.5 Å². The number of primary amides is 1. The van der Waals surface area contributed by atoms with Gasteiger partial charge in [-0.1, -0.05) is 30.2 Å². The number of nitrogens with zero attached hydrogens (tertiary/aromatic N) is 5. The minimum absolute atomic E-state index is 0.0830. The zero-order valence-corrected chi connectivity index (χ0v) is 21.9. The lowest BCUT2D eigenvalue weighted by molar-refractivity contribution is -0.125. The molecule has 3 heterocycles. The van der Waals surface area contributed by atoms with Crippen LogP contribution in [0, 0.1) is 17.3 Å². The van der Waals surface area contributed by atoms with Crippen molar-refractivity contribution in [2.24, 2.45) is 11.1 Å². The highest BCUT2D eigenvalue weighted by atomic mass is 16.2. The van der Waals surface area contributed by atoms with Crippen LogP contribution >= 0.6 is 0 Å². The number of nitrogens with two attached hydrogens (primary N) is 1. The Morgan fingerprint density at radius 2 is 2.08 bits per heavy atom. The molecule has 9 nitrogen and oxygen atoms in total. The third-order valence-corrected chi connectivity index (χ3v) is 8.29. The summed E-state index contributed by atoms with van der Waals surface area (Å²) in [6, 6.07) is 8.82. The van der Waals surface area contributed by atoms with Crippen LogP contribution in [0.15, 0.2) is 36.7 Å². The van der Waals surface area contributed by atoms with E-state index in [4.69, 9.17) is 10.8 Å². The van der Waals surface area contributed by atoms with E-state index in [1.165, 1.54) is 24.0 Å². The summed E-state index contributed by atoms with van der Waals surface area (Å²) in [6.45, 7) is 3.79. The van der Waals surface area contributed by atoms with Crippen molar-refractivity contribution in [3.8, 4) is 23.1 Å². The molecule has 0 atom stereocenters. The molecule has 3 fully saturated rings. The predicted molar refractivity (Wildman–Crippen MR) is 144 cm³/mol. The van der Waals surface area contributed by atoms with Crippen molar-refractivity contribution >= 4 is 17.6 Å². The fourth-order valence-electron chi connectivity index (χ4n) is 6.24. The zero-order valence-electron chi connectivity index (χ0n) is 21.9. The van der Waals surface area contributed by atoms with Gasteiger partial charge in [-0.15, -0.1) is 0 Å². The highest BCUT2D eigenvalue weighted by Crippen LogP contribution is 2.55. The van der Waals surface area contributed by atoms with Crippen LogP contribution in [0.2, 0.25) is 0 Å². The number of likely N-dealkylation sites (tertiary alicyclic amines) is 1. The van der Waals surface area contributed by atoms with E-state index in [0.29, 0.717) is 29.5 Å². The number of amides is 2. The van der Waals surface area contributed by atoms with Crippen molar-refractivity contribution in [2.75, 3.05) is 25.5 Å². The largest absolute Gasteiger partial charge is 0.373 e. The van der Waals surface area contributed by atoms with E-state index >= 15 is 0 Å². The Hall–Kier alpha value is -4.06. The molecule has 3 aliphatic rings. The fourth-order valence-corrected chi connectivity index (χ4v) is 6.24. The second-order valence-corrected chi connectivity index (χ2v) is 11.0. The van der Waals surface area contributed by atoms with Crippen LogP contribution in [-0.4, -0.2) is 56.4 Å². The first-order valence-corrected chi connectivity index (χ1v) is 13.3. The summed E-state index contributed by atoms with van der Waals surface area (Å²) in [5.74, 6) is 6.06. The molecule has 1 spiro atoms. The third kappa shape index (κ3) is 4.34. The monoisotopic (exact) mass is 511 g/mol. The average Bonchev–Trinajstić information content (AvgIpc) is 3.29. The summed E-state index contributed by atoms with van der Waals surface area (Å²) < 4.78 is 3.79. The summed E-state index contributed by atoms with van der Waals surface area (Å²) in [5.41, 5.74) is 10.2. The maximum absolute atomic E-state index is 12.6. The molecule has 196 valence electrons.